The van der Waals surface area contributed by atoms with Crippen LogP contribution in [0.2, 0.25) is 0 Å². The second-order valence-electron chi connectivity index (χ2n) is 4.26. The molecule has 0 saturated carbocycles. The lowest BCUT2D eigenvalue weighted by Crippen LogP contribution is -2.33. The van der Waals surface area contributed by atoms with Crippen LogP contribution in [0, 0.1) is 0 Å². The van der Waals surface area contributed by atoms with Crippen molar-refractivity contribution in [3.8, 4) is 0 Å². The summed E-state index contributed by atoms with van der Waals surface area (Å²) in [6, 6.07) is 3.57. The van der Waals surface area contributed by atoms with Crippen LogP contribution < -0.4 is 10.6 Å². The van der Waals surface area contributed by atoms with Crippen molar-refractivity contribution in [1.29, 1.82) is 0 Å². The second-order valence-corrected chi connectivity index (χ2v) is 4.26. The number of aliphatic hydroxyl groups excluding tert-OH is 1. The van der Waals surface area contributed by atoms with Crippen LogP contribution in [0.25, 0.3) is 0 Å². The van der Waals surface area contributed by atoms with Gasteiger partial charge in [-0.25, -0.2) is 0 Å². The Morgan fingerprint density at radius 3 is 2.58 bits per heavy atom. The molecule has 1 aromatic carbocycles. The van der Waals surface area contributed by atoms with Gasteiger partial charge in [-0.15, -0.1) is 0 Å². The van der Waals surface area contributed by atoms with Gasteiger partial charge in [0.25, 0.3) is 0 Å². The van der Waals surface area contributed by atoms with E-state index in [4.69, 9.17) is 10.5 Å². The van der Waals surface area contributed by atoms with Gasteiger partial charge in [0.1, 0.15) is 0 Å². The molecule has 1 atom stereocenters. The lowest BCUT2D eigenvalue weighted by molar-refractivity contribution is -0.137. The van der Waals surface area contributed by atoms with E-state index in [1.54, 1.807) is 0 Å². The maximum atomic E-state index is 12.9. The van der Waals surface area contributed by atoms with Gasteiger partial charge in [0.05, 0.1) is 18.3 Å². The largest absolute Gasteiger partial charge is 0.418 e. The molecule has 0 amide bonds. The van der Waals surface area contributed by atoms with E-state index < -0.39 is 17.8 Å². The van der Waals surface area contributed by atoms with Gasteiger partial charge in [0.15, 0.2) is 0 Å². The van der Waals surface area contributed by atoms with Crippen molar-refractivity contribution in [1.82, 2.24) is 0 Å². The van der Waals surface area contributed by atoms with Crippen LogP contribution >= 0.6 is 0 Å². The number of nitrogens with two attached hydrogens (primary N) is 1. The molecule has 3 N–H and O–H groups in total. The Balaban J connectivity index is 2.99. The average Bonchev–Trinajstić information content (AvgIpc) is 2.27. The summed E-state index contributed by atoms with van der Waals surface area (Å²) in [5, 5.41) is 9.56. The Morgan fingerprint density at radius 2 is 2.05 bits per heavy atom. The van der Waals surface area contributed by atoms with Crippen LogP contribution in [0.15, 0.2) is 18.2 Å². The highest BCUT2D eigenvalue weighted by molar-refractivity contribution is 5.60. The summed E-state index contributed by atoms with van der Waals surface area (Å²) in [6.45, 7) is 0.0848. The van der Waals surface area contributed by atoms with Crippen molar-refractivity contribution >= 4 is 11.4 Å². The van der Waals surface area contributed by atoms with Crippen LogP contribution in [-0.2, 0) is 10.9 Å². The number of nitrogen functional groups attached to an aromatic ring is 1. The van der Waals surface area contributed by atoms with Gasteiger partial charge in [-0.2, -0.15) is 13.2 Å². The second kappa shape index (κ2) is 6.12. The summed E-state index contributed by atoms with van der Waals surface area (Å²) >= 11 is 0. The molecule has 0 saturated heterocycles. The Labute approximate surface area is 109 Å². The number of rotatable bonds is 5. The molecule has 4 nitrogen and oxygen atoms in total. The van der Waals surface area contributed by atoms with E-state index in [-0.39, 0.29) is 24.5 Å². The molecular weight excluding hydrogens is 261 g/mol. The monoisotopic (exact) mass is 278 g/mol. The molecule has 1 rings (SSSR count). The minimum Gasteiger partial charge on any atom is -0.399 e. The smallest absolute Gasteiger partial charge is 0.399 e. The molecule has 0 fully saturated rings. The number of hydrogen-bond donors (Lipinski definition) is 2. The molecule has 0 heterocycles. The minimum atomic E-state index is -4.49. The number of halogens is 3. The molecule has 0 aliphatic carbocycles. The van der Waals surface area contributed by atoms with Crippen LogP contribution in [-0.4, -0.2) is 38.5 Å². The van der Waals surface area contributed by atoms with Gasteiger partial charge >= 0.3 is 6.18 Å². The van der Waals surface area contributed by atoms with Gasteiger partial charge in [0.2, 0.25) is 0 Å². The predicted octanol–water partition coefficient (Wildman–Crippen LogP) is 1.73. The van der Waals surface area contributed by atoms with E-state index >= 15 is 0 Å². The number of alkyl halides is 3. The minimum absolute atomic E-state index is 0.0286. The number of aliphatic hydroxyl groups is 1. The number of likely N-dealkylation sites (N-methyl/N-ethyl adjacent to an activating group) is 1. The van der Waals surface area contributed by atoms with Crippen LogP contribution in [0.1, 0.15) is 5.56 Å². The van der Waals surface area contributed by atoms with E-state index in [9.17, 15) is 18.3 Å². The lowest BCUT2D eigenvalue weighted by atomic mass is 10.1. The first-order valence-electron chi connectivity index (χ1n) is 5.60. The molecular formula is C12H17F3N2O2. The first-order chi connectivity index (χ1) is 8.75. The molecule has 1 unspecified atom stereocenters. The van der Waals surface area contributed by atoms with E-state index in [2.05, 4.69) is 0 Å². The van der Waals surface area contributed by atoms with Crippen molar-refractivity contribution in [2.45, 2.75) is 12.3 Å². The molecule has 0 aliphatic heterocycles. The third-order valence-electron chi connectivity index (χ3n) is 2.58. The van der Waals surface area contributed by atoms with E-state index in [0.717, 1.165) is 6.07 Å². The maximum absolute atomic E-state index is 12.9. The summed E-state index contributed by atoms with van der Waals surface area (Å²) < 4.78 is 43.5. The SMILES string of the molecule is COCC(O)CN(C)c1ccc(N)cc1C(F)(F)F. The zero-order valence-electron chi connectivity index (χ0n) is 10.7. The van der Waals surface area contributed by atoms with Crippen LogP contribution in [0.3, 0.4) is 0 Å². The molecule has 108 valence electrons. The first kappa shape index (κ1) is 15.6. The Bertz CT molecular complexity index is 424. The van der Waals surface area contributed by atoms with E-state index in [1.807, 2.05) is 0 Å². The van der Waals surface area contributed by atoms with Gasteiger partial charge in [0, 0.05) is 32.1 Å². The maximum Gasteiger partial charge on any atom is 0.418 e. The fourth-order valence-corrected chi connectivity index (χ4v) is 1.77. The summed E-state index contributed by atoms with van der Waals surface area (Å²) in [4.78, 5) is 1.33. The predicted molar refractivity (Wildman–Crippen MR) is 67.0 cm³/mol. The number of methoxy groups -OCH3 is 1. The van der Waals surface area contributed by atoms with Gasteiger partial charge in [-0.1, -0.05) is 0 Å². The Kier molecular flexibility index (Phi) is 5.02. The summed E-state index contributed by atoms with van der Waals surface area (Å²) in [6.07, 6.45) is -5.36. The van der Waals surface area contributed by atoms with Crippen LogP contribution in [0.4, 0.5) is 24.5 Å². The van der Waals surface area contributed by atoms with Crippen molar-refractivity contribution in [2.24, 2.45) is 0 Å². The number of benzene rings is 1. The molecule has 0 bridgehead atoms. The van der Waals surface area contributed by atoms with Crippen molar-refractivity contribution in [3.63, 3.8) is 0 Å². The zero-order chi connectivity index (χ0) is 14.6. The molecule has 0 radical (unpaired) electrons. The molecule has 1 aromatic rings. The summed E-state index contributed by atoms with van der Waals surface area (Å²) in [5.41, 5.74) is 4.58. The van der Waals surface area contributed by atoms with Gasteiger partial charge in [-0.3, -0.25) is 0 Å². The highest BCUT2D eigenvalue weighted by Crippen LogP contribution is 2.37. The highest BCUT2D eigenvalue weighted by Gasteiger charge is 2.34. The first-order valence-corrected chi connectivity index (χ1v) is 5.60. The summed E-state index contributed by atoms with van der Waals surface area (Å²) in [7, 11) is 2.88. The normalized spacial score (nSPS) is 13.4. The van der Waals surface area contributed by atoms with Crippen LogP contribution in [0.5, 0.6) is 0 Å². The van der Waals surface area contributed by atoms with Gasteiger partial charge in [-0.05, 0) is 18.2 Å². The lowest BCUT2D eigenvalue weighted by Gasteiger charge is -2.25. The number of hydrogen-bond acceptors (Lipinski definition) is 4. The highest BCUT2D eigenvalue weighted by atomic mass is 19.4. The Morgan fingerprint density at radius 1 is 1.42 bits per heavy atom. The Hall–Kier alpha value is -1.47. The fraction of sp³-hybridized carbons (Fsp3) is 0.500. The third kappa shape index (κ3) is 4.29. The third-order valence-corrected chi connectivity index (χ3v) is 2.58. The summed E-state index contributed by atoms with van der Waals surface area (Å²) in [5.74, 6) is 0. The van der Waals surface area contributed by atoms with E-state index in [1.165, 1.54) is 31.2 Å². The molecule has 0 spiro atoms. The fourth-order valence-electron chi connectivity index (χ4n) is 1.77. The number of nitrogens with zero attached hydrogens (tertiary/aromatic N) is 1. The average molecular weight is 278 g/mol. The quantitative estimate of drug-likeness (QED) is 0.805. The van der Waals surface area contributed by atoms with Crippen molar-refractivity contribution in [3.05, 3.63) is 23.8 Å². The van der Waals surface area contributed by atoms with E-state index in [0.29, 0.717) is 0 Å². The van der Waals surface area contributed by atoms with Gasteiger partial charge < -0.3 is 20.5 Å². The molecule has 0 aliphatic rings. The topological polar surface area (TPSA) is 58.7 Å². The number of anilines is 2. The van der Waals surface area contributed by atoms with Crippen molar-refractivity contribution < 1.29 is 23.0 Å². The number of ether oxygens (including phenoxy) is 1. The molecule has 0 aromatic heterocycles. The zero-order valence-corrected chi connectivity index (χ0v) is 10.7. The molecule has 7 heteroatoms. The van der Waals surface area contributed by atoms with Crippen molar-refractivity contribution in [2.75, 3.05) is 37.9 Å². The standard InChI is InChI=1S/C12H17F3N2O2/c1-17(6-9(18)7-19-2)11-4-3-8(16)5-10(11)12(13,14)15/h3-5,9,18H,6-7,16H2,1-2H3. The molecule has 19 heavy (non-hydrogen) atoms.